The van der Waals surface area contributed by atoms with Crippen LogP contribution in [0.15, 0.2) is 6.07 Å². The first-order chi connectivity index (χ1) is 6.49. The number of aldehydes is 1. The third-order valence-corrected chi connectivity index (χ3v) is 2.00. The van der Waals surface area contributed by atoms with Crippen LogP contribution in [0.25, 0.3) is 0 Å². The van der Waals surface area contributed by atoms with Crippen molar-refractivity contribution in [3.63, 3.8) is 0 Å². The van der Waals surface area contributed by atoms with Gasteiger partial charge in [0, 0.05) is 0 Å². The summed E-state index contributed by atoms with van der Waals surface area (Å²) in [5, 5.41) is 18.8. The largest absolute Gasteiger partial charge is 0.507 e. The molecule has 1 aromatic carbocycles. The minimum atomic E-state index is -0.462. The molecule has 0 radical (unpaired) electrons. The molecule has 0 bridgehead atoms. The molecule has 0 unspecified atom stereocenters. The van der Waals surface area contributed by atoms with Crippen molar-refractivity contribution >= 4 is 12.1 Å². The Morgan fingerprint density at radius 1 is 1.36 bits per heavy atom. The van der Waals surface area contributed by atoms with Gasteiger partial charge in [-0.05, 0) is 25.5 Å². The molecule has 2 N–H and O–H groups in total. The molecule has 0 aromatic heterocycles. The molecular formula is C10H10O4. The van der Waals surface area contributed by atoms with Crippen molar-refractivity contribution in [3.05, 3.63) is 22.8 Å². The Kier molecular flexibility index (Phi) is 2.56. The van der Waals surface area contributed by atoms with Gasteiger partial charge in [0.05, 0.1) is 11.1 Å². The molecule has 74 valence electrons. The Hall–Kier alpha value is -1.84. The highest BCUT2D eigenvalue weighted by Gasteiger charge is 2.16. The van der Waals surface area contributed by atoms with E-state index < -0.39 is 5.75 Å². The Labute approximate surface area is 80.8 Å². The Morgan fingerprint density at radius 2 is 1.93 bits per heavy atom. The van der Waals surface area contributed by atoms with Crippen LogP contribution in [0.1, 0.15) is 33.2 Å². The number of phenols is 2. The average molecular weight is 194 g/mol. The van der Waals surface area contributed by atoms with Crippen LogP contribution in [0.2, 0.25) is 0 Å². The lowest BCUT2D eigenvalue weighted by atomic mass is 10.0. The number of hydrogen-bond acceptors (Lipinski definition) is 4. The molecule has 0 fully saturated rings. The van der Waals surface area contributed by atoms with Gasteiger partial charge in [0.25, 0.3) is 0 Å². The predicted octanol–water partition coefficient (Wildman–Crippen LogP) is 1.42. The maximum absolute atomic E-state index is 11.0. The number of aromatic hydroxyl groups is 2. The van der Waals surface area contributed by atoms with Crippen molar-refractivity contribution in [3.8, 4) is 11.5 Å². The number of aryl methyl sites for hydroxylation is 1. The van der Waals surface area contributed by atoms with Gasteiger partial charge in [-0.25, -0.2) is 0 Å². The zero-order valence-electron chi connectivity index (χ0n) is 7.87. The first-order valence-electron chi connectivity index (χ1n) is 4.00. The van der Waals surface area contributed by atoms with Gasteiger partial charge in [-0.3, -0.25) is 9.59 Å². The van der Waals surface area contributed by atoms with Crippen LogP contribution in [0.4, 0.5) is 0 Å². The number of hydrogen-bond donors (Lipinski definition) is 2. The Balaban J connectivity index is 3.58. The van der Waals surface area contributed by atoms with Gasteiger partial charge in [0.2, 0.25) is 0 Å². The average Bonchev–Trinajstić information content (AvgIpc) is 2.12. The fraction of sp³-hybridized carbons (Fsp3) is 0.200. The Morgan fingerprint density at radius 3 is 2.36 bits per heavy atom. The first kappa shape index (κ1) is 10.2. The normalized spacial score (nSPS) is 9.86. The minimum Gasteiger partial charge on any atom is -0.507 e. The van der Waals surface area contributed by atoms with Gasteiger partial charge in [0.1, 0.15) is 11.5 Å². The molecule has 0 aliphatic rings. The summed E-state index contributed by atoms with van der Waals surface area (Å²) in [5.41, 5.74) is 0.188. The topological polar surface area (TPSA) is 74.6 Å². The lowest BCUT2D eigenvalue weighted by molar-refractivity contribution is 0.101. The fourth-order valence-corrected chi connectivity index (χ4v) is 1.20. The molecule has 0 aliphatic heterocycles. The van der Waals surface area contributed by atoms with E-state index in [2.05, 4.69) is 0 Å². The van der Waals surface area contributed by atoms with Gasteiger partial charge < -0.3 is 10.2 Å². The second-order valence-electron chi connectivity index (χ2n) is 3.03. The van der Waals surface area contributed by atoms with Crippen molar-refractivity contribution in [2.45, 2.75) is 13.8 Å². The van der Waals surface area contributed by atoms with E-state index in [-0.39, 0.29) is 22.7 Å². The van der Waals surface area contributed by atoms with Crippen LogP contribution in [0.5, 0.6) is 11.5 Å². The van der Waals surface area contributed by atoms with E-state index in [4.69, 9.17) is 0 Å². The molecular weight excluding hydrogens is 184 g/mol. The zero-order valence-corrected chi connectivity index (χ0v) is 7.87. The third-order valence-electron chi connectivity index (χ3n) is 2.00. The van der Waals surface area contributed by atoms with Crippen LogP contribution in [-0.2, 0) is 0 Å². The summed E-state index contributed by atoms with van der Waals surface area (Å²) in [6.45, 7) is 2.83. The van der Waals surface area contributed by atoms with E-state index in [0.29, 0.717) is 11.8 Å². The van der Waals surface area contributed by atoms with Gasteiger partial charge in [-0.15, -0.1) is 0 Å². The SMILES string of the molecule is CC(=O)c1cc(C)c(O)c(C=O)c1O. The second kappa shape index (κ2) is 3.49. The zero-order chi connectivity index (χ0) is 10.9. The molecule has 0 saturated heterocycles. The summed E-state index contributed by atoms with van der Waals surface area (Å²) in [7, 11) is 0. The number of ketones is 1. The van der Waals surface area contributed by atoms with E-state index in [1.165, 1.54) is 13.0 Å². The number of benzene rings is 1. The molecule has 0 aliphatic carbocycles. The van der Waals surface area contributed by atoms with Crippen molar-refractivity contribution in [2.75, 3.05) is 0 Å². The van der Waals surface area contributed by atoms with E-state index >= 15 is 0 Å². The molecule has 0 atom stereocenters. The smallest absolute Gasteiger partial charge is 0.163 e. The minimum absolute atomic E-state index is 0.0439. The number of rotatable bonds is 2. The van der Waals surface area contributed by atoms with Gasteiger partial charge in [0.15, 0.2) is 12.1 Å². The molecule has 4 nitrogen and oxygen atoms in total. The second-order valence-corrected chi connectivity index (χ2v) is 3.03. The maximum atomic E-state index is 11.0. The molecule has 0 heterocycles. The lowest BCUT2D eigenvalue weighted by Crippen LogP contribution is -1.98. The number of phenolic OH excluding ortho intramolecular Hbond substituents is 2. The van der Waals surface area contributed by atoms with E-state index in [1.807, 2.05) is 0 Å². The summed E-state index contributed by atoms with van der Waals surface area (Å²) in [5.74, 6) is -1.10. The molecule has 0 spiro atoms. The highest BCUT2D eigenvalue weighted by atomic mass is 16.3. The fourth-order valence-electron chi connectivity index (χ4n) is 1.20. The summed E-state index contributed by atoms with van der Waals surface area (Å²) < 4.78 is 0. The molecule has 0 amide bonds. The van der Waals surface area contributed by atoms with Crippen LogP contribution in [0, 0.1) is 6.92 Å². The standard InChI is InChI=1S/C10H10O4/c1-5-3-7(6(2)12)10(14)8(4-11)9(5)13/h3-4,13-14H,1-2H3. The number of Topliss-reactive ketones (excluding diaryl/α,β-unsaturated/α-hetero) is 1. The highest BCUT2D eigenvalue weighted by Crippen LogP contribution is 2.32. The van der Waals surface area contributed by atoms with Crippen molar-refractivity contribution in [1.29, 1.82) is 0 Å². The summed E-state index contributed by atoms with van der Waals surface area (Å²) in [4.78, 5) is 21.6. The first-order valence-corrected chi connectivity index (χ1v) is 4.00. The summed E-state index contributed by atoms with van der Waals surface area (Å²) >= 11 is 0. The molecule has 14 heavy (non-hydrogen) atoms. The van der Waals surface area contributed by atoms with E-state index in [9.17, 15) is 19.8 Å². The number of carbonyl (C=O) groups excluding carboxylic acids is 2. The van der Waals surface area contributed by atoms with Crippen LogP contribution in [0.3, 0.4) is 0 Å². The van der Waals surface area contributed by atoms with E-state index in [1.54, 1.807) is 6.92 Å². The van der Waals surface area contributed by atoms with Crippen molar-refractivity contribution < 1.29 is 19.8 Å². The van der Waals surface area contributed by atoms with Crippen LogP contribution in [-0.4, -0.2) is 22.3 Å². The number of carbonyl (C=O) groups is 2. The molecule has 1 aromatic rings. The lowest BCUT2D eigenvalue weighted by Gasteiger charge is -2.08. The Bertz CT molecular complexity index is 407. The quantitative estimate of drug-likeness (QED) is 0.551. The monoisotopic (exact) mass is 194 g/mol. The van der Waals surface area contributed by atoms with Crippen molar-refractivity contribution in [1.82, 2.24) is 0 Å². The van der Waals surface area contributed by atoms with Gasteiger partial charge >= 0.3 is 0 Å². The van der Waals surface area contributed by atoms with Crippen LogP contribution < -0.4 is 0 Å². The van der Waals surface area contributed by atoms with Crippen molar-refractivity contribution in [2.24, 2.45) is 0 Å². The van der Waals surface area contributed by atoms with E-state index in [0.717, 1.165) is 0 Å². The maximum Gasteiger partial charge on any atom is 0.163 e. The summed E-state index contributed by atoms with van der Waals surface area (Å²) in [6, 6.07) is 1.35. The van der Waals surface area contributed by atoms with Gasteiger partial charge in [-0.2, -0.15) is 0 Å². The third kappa shape index (κ3) is 1.46. The predicted molar refractivity (Wildman–Crippen MR) is 49.9 cm³/mol. The molecule has 1 rings (SSSR count). The van der Waals surface area contributed by atoms with Gasteiger partial charge in [-0.1, -0.05) is 0 Å². The summed E-state index contributed by atoms with van der Waals surface area (Å²) in [6.07, 6.45) is 0.324. The molecule has 4 heteroatoms. The van der Waals surface area contributed by atoms with Crippen LogP contribution >= 0.6 is 0 Å². The molecule has 0 saturated carbocycles. The highest BCUT2D eigenvalue weighted by molar-refractivity contribution is 6.00.